The monoisotopic (exact) mass is 274 g/mol. The van der Waals surface area contributed by atoms with E-state index >= 15 is 0 Å². The lowest BCUT2D eigenvalue weighted by Gasteiger charge is -2.25. The van der Waals surface area contributed by atoms with Gasteiger partial charge in [0.2, 0.25) is 17.7 Å². The van der Waals surface area contributed by atoms with Gasteiger partial charge in [-0.2, -0.15) is 0 Å². The number of imide groups is 1. The van der Waals surface area contributed by atoms with Crippen molar-refractivity contribution in [2.45, 2.75) is 32.2 Å². The lowest BCUT2D eigenvalue weighted by Crippen LogP contribution is -2.44. The number of hydrogen-bond acceptors (Lipinski definition) is 3. The van der Waals surface area contributed by atoms with Gasteiger partial charge in [0.1, 0.15) is 6.04 Å². The van der Waals surface area contributed by atoms with Crippen LogP contribution in [0.3, 0.4) is 0 Å². The average Bonchev–Trinajstić information content (AvgIpc) is 2.77. The molecule has 1 fully saturated rings. The fourth-order valence-corrected chi connectivity index (χ4v) is 2.40. The summed E-state index contributed by atoms with van der Waals surface area (Å²) in [6.07, 6.45) is 1.05. The van der Waals surface area contributed by atoms with E-state index in [1.54, 1.807) is 0 Å². The van der Waals surface area contributed by atoms with Gasteiger partial charge in [-0.3, -0.25) is 19.7 Å². The molecule has 2 rings (SSSR count). The van der Waals surface area contributed by atoms with Crippen LogP contribution in [0.2, 0.25) is 0 Å². The van der Waals surface area contributed by atoms with Crippen LogP contribution < -0.4 is 5.32 Å². The Labute approximate surface area is 118 Å². The van der Waals surface area contributed by atoms with E-state index in [0.717, 1.165) is 5.56 Å². The third-order valence-electron chi connectivity index (χ3n) is 3.45. The highest BCUT2D eigenvalue weighted by molar-refractivity contribution is 6.06. The van der Waals surface area contributed by atoms with Gasteiger partial charge < -0.3 is 4.90 Å². The molecule has 1 aliphatic heterocycles. The van der Waals surface area contributed by atoms with Crippen LogP contribution in [0.4, 0.5) is 0 Å². The number of carbonyl (C=O) groups is 3. The van der Waals surface area contributed by atoms with Crippen LogP contribution in [0.15, 0.2) is 30.3 Å². The molecule has 1 saturated heterocycles. The van der Waals surface area contributed by atoms with E-state index in [2.05, 4.69) is 5.32 Å². The molecule has 1 atom stereocenters. The van der Waals surface area contributed by atoms with Gasteiger partial charge in [-0.15, -0.1) is 0 Å². The van der Waals surface area contributed by atoms with Gasteiger partial charge in [0.05, 0.1) is 6.42 Å². The van der Waals surface area contributed by atoms with E-state index in [1.807, 2.05) is 37.3 Å². The van der Waals surface area contributed by atoms with E-state index in [1.165, 1.54) is 4.90 Å². The zero-order valence-corrected chi connectivity index (χ0v) is 11.5. The average molecular weight is 274 g/mol. The van der Waals surface area contributed by atoms with Crippen LogP contribution in [-0.4, -0.2) is 35.2 Å². The first-order chi connectivity index (χ1) is 9.61. The number of amides is 3. The Bertz CT molecular complexity index is 513. The van der Waals surface area contributed by atoms with E-state index in [9.17, 15) is 14.4 Å². The van der Waals surface area contributed by atoms with Gasteiger partial charge in [-0.25, -0.2) is 0 Å². The quantitative estimate of drug-likeness (QED) is 0.811. The molecule has 1 aromatic rings. The van der Waals surface area contributed by atoms with Crippen molar-refractivity contribution in [1.29, 1.82) is 0 Å². The van der Waals surface area contributed by atoms with Crippen molar-refractivity contribution in [3.05, 3.63) is 35.9 Å². The zero-order valence-electron chi connectivity index (χ0n) is 11.5. The molecule has 20 heavy (non-hydrogen) atoms. The fraction of sp³-hybridized carbons (Fsp3) is 0.400. The molecule has 106 valence electrons. The predicted molar refractivity (Wildman–Crippen MR) is 73.7 cm³/mol. The SMILES string of the molecule is CCN(C(=O)CCc1ccccc1)C1CC(=O)NC1=O. The van der Waals surface area contributed by atoms with Gasteiger partial charge >= 0.3 is 0 Å². The smallest absolute Gasteiger partial charge is 0.249 e. The van der Waals surface area contributed by atoms with Gasteiger partial charge in [0, 0.05) is 13.0 Å². The molecule has 0 saturated carbocycles. The third-order valence-corrected chi connectivity index (χ3v) is 3.45. The highest BCUT2D eigenvalue weighted by atomic mass is 16.2. The highest BCUT2D eigenvalue weighted by Gasteiger charge is 2.36. The normalized spacial score (nSPS) is 17.9. The van der Waals surface area contributed by atoms with Gasteiger partial charge in [0.25, 0.3) is 0 Å². The lowest BCUT2D eigenvalue weighted by molar-refractivity contribution is -0.138. The molecular formula is C15H18N2O3. The lowest BCUT2D eigenvalue weighted by atomic mass is 10.1. The number of hydrogen-bond donors (Lipinski definition) is 1. The minimum atomic E-state index is -0.643. The molecule has 1 aromatic carbocycles. The molecule has 0 spiro atoms. The maximum atomic E-state index is 12.2. The van der Waals surface area contributed by atoms with Gasteiger partial charge in [-0.05, 0) is 18.9 Å². The summed E-state index contributed by atoms with van der Waals surface area (Å²) in [4.78, 5) is 36.6. The van der Waals surface area contributed by atoms with Crippen molar-refractivity contribution < 1.29 is 14.4 Å². The molecule has 0 radical (unpaired) electrons. The molecule has 5 heteroatoms. The van der Waals surface area contributed by atoms with E-state index in [0.29, 0.717) is 19.4 Å². The second-order valence-corrected chi connectivity index (χ2v) is 4.80. The number of likely N-dealkylation sites (N-methyl/N-ethyl adjacent to an activating group) is 1. The first-order valence-electron chi connectivity index (χ1n) is 6.79. The summed E-state index contributed by atoms with van der Waals surface area (Å²) in [5.41, 5.74) is 1.09. The molecule has 3 amide bonds. The Morgan fingerprint density at radius 1 is 1.30 bits per heavy atom. The summed E-state index contributed by atoms with van der Waals surface area (Å²) in [6, 6.07) is 9.08. The molecule has 0 bridgehead atoms. The molecule has 0 aliphatic carbocycles. The molecular weight excluding hydrogens is 256 g/mol. The Kier molecular flexibility index (Phi) is 4.50. The minimum Gasteiger partial charge on any atom is -0.330 e. The zero-order chi connectivity index (χ0) is 14.5. The van der Waals surface area contributed by atoms with Crippen molar-refractivity contribution in [2.24, 2.45) is 0 Å². The fourth-order valence-electron chi connectivity index (χ4n) is 2.40. The van der Waals surface area contributed by atoms with Crippen LogP contribution in [-0.2, 0) is 20.8 Å². The minimum absolute atomic E-state index is 0.0732. The molecule has 1 N–H and O–H groups in total. The first-order valence-corrected chi connectivity index (χ1v) is 6.79. The number of rotatable bonds is 5. The molecule has 5 nitrogen and oxygen atoms in total. The number of nitrogens with one attached hydrogen (secondary N) is 1. The summed E-state index contributed by atoms with van der Waals surface area (Å²) in [5.74, 6) is -0.773. The Balaban J connectivity index is 1.96. The van der Waals surface area contributed by atoms with Crippen molar-refractivity contribution in [1.82, 2.24) is 10.2 Å². The number of aryl methyl sites for hydroxylation is 1. The van der Waals surface area contributed by atoms with Crippen molar-refractivity contribution >= 4 is 17.7 Å². The summed E-state index contributed by atoms with van der Waals surface area (Å²) >= 11 is 0. The Morgan fingerprint density at radius 3 is 2.55 bits per heavy atom. The first kappa shape index (κ1) is 14.2. The largest absolute Gasteiger partial charge is 0.330 e. The van der Waals surface area contributed by atoms with Gasteiger partial charge in [-0.1, -0.05) is 30.3 Å². The standard InChI is InChI=1S/C15H18N2O3/c1-2-17(12-10-13(18)16-15(12)20)14(19)9-8-11-6-4-3-5-7-11/h3-7,12H,2,8-10H2,1H3,(H,16,18,20). The van der Waals surface area contributed by atoms with Crippen molar-refractivity contribution in [3.63, 3.8) is 0 Å². The predicted octanol–water partition coefficient (Wildman–Crippen LogP) is 0.883. The van der Waals surface area contributed by atoms with E-state index in [4.69, 9.17) is 0 Å². The molecule has 1 unspecified atom stereocenters. The summed E-state index contributed by atoms with van der Waals surface area (Å²) in [7, 11) is 0. The number of nitrogens with zero attached hydrogens (tertiary/aromatic N) is 1. The van der Waals surface area contributed by atoms with Crippen LogP contribution in [0.25, 0.3) is 0 Å². The van der Waals surface area contributed by atoms with Crippen LogP contribution >= 0.6 is 0 Å². The summed E-state index contributed by atoms with van der Waals surface area (Å²) < 4.78 is 0. The maximum Gasteiger partial charge on any atom is 0.249 e. The van der Waals surface area contributed by atoms with Crippen molar-refractivity contribution in [2.75, 3.05) is 6.54 Å². The summed E-state index contributed by atoms with van der Waals surface area (Å²) in [5, 5.41) is 2.24. The summed E-state index contributed by atoms with van der Waals surface area (Å²) in [6.45, 7) is 2.25. The number of benzene rings is 1. The topological polar surface area (TPSA) is 66.5 Å². The molecule has 1 heterocycles. The maximum absolute atomic E-state index is 12.2. The van der Waals surface area contributed by atoms with Crippen LogP contribution in [0.1, 0.15) is 25.3 Å². The second kappa shape index (κ2) is 6.32. The van der Waals surface area contributed by atoms with Crippen LogP contribution in [0.5, 0.6) is 0 Å². The third kappa shape index (κ3) is 3.23. The van der Waals surface area contributed by atoms with E-state index in [-0.39, 0.29) is 24.1 Å². The second-order valence-electron chi connectivity index (χ2n) is 4.80. The van der Waals surface area contributed by atoms with Crippen molar-refractivity contribution in [3.8, 4) is 0 Å². The van der Waals surface area contributed by atoms with Gasteiger partial charge in [0.15, 0.2) is 0 Å². The molecule has 0 aromatic heterocycles. The molecule has 1 aliphatic rings. The van der Waals surface area contributed by atoms with Crippen LogP contribution in [0, 0.1) is 0 Å². The Morgan fingerprint density at radius 2 is 2.00 bits per heavy atom. The van der Waals surface area contributed by atoms with E-state index < -0.39 is 6.04 Å². The Hall–Kier alpha value is -2.17. The highest BCUT2D eigenvalue weighted by Crippen LogP contribution is 2.13. The number of carbonyl (C=O) groups excluding carboxylic acids is 3.